The molecule has 0 bridgehead atoms. The van der Waals surface area contributed by atoms with E-state index in [2.05, 4.69) is 15.5 Å². The fraction of sp³-hybridized carbons (Fsp3) is 0.0667. The van der Waals surface area contributed by atoms with Crippen LogP contribution in [0.3, 0.4) is 0 Å². The summed E-state index contributed by atoms with van der Waals surface area (Å²) in [5.74, 6) is -0.965. The van der Waals surface area contributed by atoms with Crippen LogP contribution in [0, 0.1) is 5.82 Å². The number of halogens is 2. The van der Waals surface area contributed by atoms with E-state index in [4.69, 9.17) is 11.6 Å². The molecule has 2 aromatic carbocycles. The van der Waals surface area contributed by atoms with Crippen molar-refractivity contribution < 1.29 is 9.18 Å². The van der Waals surface area contributed by atoms with Crippen LogP contribution in [-0.4, -0.2) is 16.1 Å². The Morgan fingerprint density at radius 1 is 1.33 bits per heavy atom. The lowest BCUT2D eigenvalue weighted by atomic mass is 10.1. The number of carbonyl (C=O) groups is 1. The Labute approximate surface area is 124 Å². The minimum atomic E-state index is -0.610. The molecule has 1 aromatic heterocycles. The number of fused-ring (bicyclic) bond motifs is 1. The van der Waals surface area contributed by atoms with Crippen LogP contribution in [0.5, 0.6) is 0 Å². The van der Waals surface area contributed by atoms with E-state index in [1.54, 1.807) is 6.20 Å². The van der Waals surface area contributed by atoms with Gasteiger partial charge in [-0.3, -0.25) is 9.89 Å². The van der Waals surface area contributed by atoms with Crippen molar-refractivity contribution in [3.63, 3.8) is 0 Å². The zero-order valence-corrected chi connectivity index (χ0v) is 11.6. The first kappa shape index (κ1) is 13.6. The molecule has 0 saturated carbocycles. The standard InChI is InChI=1S/C15H11ClFN3O/c16-12-5-4-9(6-13(12)17)15(21)18-7-10-2-1-3-14-11(10)8-19-20-14/h1-6,8H,7H2,(H,18,21)(H,19,20). The second kappa shape index (κ2) is 5.54. The van der Waals surface area contributed by atoms with Gasteiger partial charge in [-0.1, -0.05) is 23.7 Å². The molecular weight excluding hydrogens is 293 g/mol. The quantitative estimate of drug-likeness (QED) is 0.780. The van der Waals surface area contributed by atoms with Gasteiger partial charge in [0.25, 0.3) is 5.91 Å². The molecule has 3 aromatic rings. The van der Waals surface area contributed by atoms with Crippen LogP contribution in [-0.2, 0) is 6.54 Å². The zero-order chi connectivity index (χ0) is 14.8. The van der Waals surface area contributed by atoms with Crippen LogP contribution in [0.25, 0.3) is 10.9 Å². The first-order valence-electron chi connectivity index (χ1n) is 6.29. The van der Waals surface area contributed by atoms with Crippen molar-refractivity contribution >= 4 is 28.4 Å². The fourth-order valence-corrected chi connectivity index (χ4v) is 2.22. The van der Waals surface area contributed by atoms with Crippen molar-refractivity contribution in [1.29, 1.82) is 0 Å². The molecule has 0 aliphatic heterocycles. The first-order chi connectivity index (χ1) is 10.1. The van der Waals surface area contributed by atoms with Gasteiger partial charge in [0, 0.05) is 17.5 Å². The lowest BCUT2D eigenvalue weighted by Gasteiger charge is -2.07. The topological polar surface area (TPSA) is 57.8 Å². The van der Waals surface area contributed by atoms with E-state index in [0.717, 1.165) is 22.5 Å². The number of aromatic nitrogens is 2. The highest BCUT2D eigenvalue weighted by molar-refractivity contribution is 6.30. The van der Waals surface area contributed by atoms with Gasteiger partial charge in [-0.25, -0.2) is 4.39 Å². The van der Waals surface area contributed by atoms with Gasteiger partial charge in [-0.2, -0.15) is 5.10 Å². The summed E-state index contributed by atoms with van der Waals surface area (Å²) in [6.45, 7) is 0.333. The van der Waals surface area contributed by atoms with Gasteiger partial charge < -0.3 is 5.32 Å². The predicted octanol–water partition coefficient (Wildman–Crippen LogP) is 3.29. The number of carbonyl (C=O) groups excluding carboxylic acids is 1. The molecule has 0 spiro atoms. The van der Waals surface area contributed by atoms with Crippen LogP contribution in [0.2, 0.25) is 5.02 Å². The number of hydrogen-bond acceptors (Lipinski definition) is 2. The Balaban J connectivity index is 1.76. The molecule has 106 valence electrons. The van der Waals surface area contributed by atoms with Crippen molar-refractivity contribution in [3.8, 4) is 0 Å². The van der Waals surface area contributed by atoms with Gasteiger partial charge in [0.2, 0.25) is 0 Å². The highest BCUT2D eigenvalue weighted by Crippen LogP contribution is 2.17. The van der Waals surface area contributed by atoms with Crippen molar-refractivity contribution in [2.45, 2.75) is 6.54 Å². The van der Waals surface area contributed by atoms with E-state index in [9.17, 15) is 9.18 Å². The molecule has 0 aliphatic rings. The van der Waals surface area contributed by atoms with E-state index in [1.807, 2.05) is 18.2 Å². The van der Waals surface area contributed by atoms with Crippen LogP contribution in [0.4, 0.5) is 4.39 Å². The molecule has 1 heterocycles. The lowest BCUT2D eigenvalue weighted by molar-refractivity contribution is 0.0950. The summed E-state index contributed by atoms with van der Waals surface area (Å²) >= 11 is 5.59. The Morgan fingerprint density at radius 2 is 2.19 bits per heavy atom. The Bertz CT molecular complexity index is 816. The molecule has 3 rings (SSSR count). The fourth-order valence-electron chi connectivity index (χ4n) is 2.10. The highest BCUT2D eigenvalue weighted by atomic mass is 35.5. The van der Waals surface area contributed by atoms with Crippen molar-refractivity contribution in [2.75, 3.05) is 0 Å². The highest BCUT2D eigenvalue weighted by Gasteiger charge is 2.09. The van der Waals surface area contributed by atoms with Crippen molar-refractivity contribution in [1.82, 2.24) is 15.5 Å². The number of aromatic amines is 1. The molecule has 0 fully saturated rings. The molecule has 0 unspecified atom stereocenters. The molecule has 0 aliphatic carbocycles. The monoisotopic (exact) mass is 303 g/mol. The number of nitrogens with one attached hydrogen (secondary N) is 2. The maximum atomic E-state index is 13.3. The molecule has 0 radical (unpaired) electrons. The number of rotatable bonds is 3. The first-order valence-corrected chi connectivity index (χ1v) is 6.67. The maximum Gasteiger partial charge on any atom is 0.251 e. The van der Waals surface area contributed by atoms with Gasteiger partial charge in [0.05, 0.1) is 16.7 Å². The Hall–Kier alpha value is -2.40. The van der Waals surface area contributed by atoms with Gasteiger partial charge in [0.15, 0.2) is 0 Å². The predicted molar refractivity (Wildman–Crippen MR) is 78.7 cm³/mol. The average Bonchev–Trinajstić information content (AvgIpc) is 2.96. The summed E-state index contributed by atoms with van der Waals surface area (Å²) in [5.41, 5.74) is 2.07. The van der Waals surface area contributed by atoms with Gasteiger partial charge in [-0.15, -0.1) is 0 Å². The molecule has 0 saturated heterocycles. The van der Waals surface area contributed by atoms with E-state index >= 15 is 0 Å². The van der Waals surface area contributed by atoms with Crippen molar-refractivity contribution in [3.05, 3.63) is 64.6 Å². The normalized spacial score (nSPS) is 10.8. The molecule has 1 amide bonds. The number of amides is 1. The minimum Gasteiger partial charge on any atom is -0.348 e. The summed E-state index contributed by atoms with van der Waals surface area (Å²) in [6, 6.07) is 9.66. The van der Waals surface area contributed by atoms with Gasteiger partial charge in [0.1, 0.15) is 5.82 Å². The minimum absolute atomic E-state index is 0.00489. The van der Waals surface area contributed by atoms with Crippen LogP contribution in [0.1, 0.15) is 15.9 Å². The van der Waals surface area contributed by atoms with Crippen molar-refractivity contribution in [2.24, 2.45) is 0 Å². The largest absolute Gasteiger partial charge is 0.348 e. The molecule has 2 N–H and O–H groups in total. The van der Waals surface area contributed by atoms with Crippen LogP contribution in [0.15, 0.2) is 42.6 Å². The Kier molecular flexibility index (Phi) is 3.58. The molecule has 4 nitrogen and oxygen atoms in total. The van der Waals surface area contributed by atoms with Gasteiger partial charge >= 0.3 is 0 Å². The number of H-pyrrole nitrogens is 1. The molecule has 21 heavy (non-hydrogen) atoms. The van der Waals surface area contributed by atoms with E-state index in [1.165, 1.54) is 12.1 Å². The van der Waals surface area contributed by atoms with E-state index < -0.39 is 5.82 Å². The third-order valence-corrected chi connectivity index (χ3v) is 3.50. The lowest BCUT2D eigenvalue weighted by Crippen LogP contribution is -2.22. The van der Waals surface area contributed by atoms with Gasteiger partial charge in [-0.05, 0) is 29.8 Å². The second-order valence-corrected chi connectivity index (χ2v) is 4.97. The van der Waals surface area contributed by atoms with Crippen LogP contribution >= 0.6 is 11.6 Å². The number of benzene rings is 2. The number of nitrogens with zero attached hydrogens (tertiary/aromatic N) is 1. The maximum absolute atomic E-state index is 13.3. The Morgan fingerprint density at radius 3 is 3.00 bits per heavy atom. The molecular formula is C15H11ClFN3O. The summed E-state index contributed by atoms with van der Waals surface area (Å²) in [6.07, 6.45) is 1.71. The summed E-state index contributed by atoms with van der Waals surface area (Å²) in [5, 5.41) is 10.5. The number of hydrogen-bond donors (Lipinski definition) is 2. The third kappa shape index (κ3) is 2.73. The summed E-state index contributed by atoms with van der Waals surface area (Å²) in [7, 11) is 0. The van der Waals surface area contributed by atoms with Crippen LogP contribution < -0.4 is 5.32 Å². The van der Waals surface area contributed by atoms with E-state index in [0.29, 0.717) is 6.54 Å². The second-order valence-electron chi connectivity index (χ2n) is 4.56. The van der Waals surface area contributed by atoms with E-state index in [-0.39, 0.29) is 16.5 Å². The SMILES string of the molecule is O=C(NCc1cccc2[nH]ncc12)c1ccc(Cl)c(F)c1. The third-order valence-electron chi connectivity index (χ3n) is 3.20. The molecule has 6 heteroatoms. The zero-order valence-electron chi connectivity index (χ0n) is 10.9. The smallest absolute Gasteiger partial charge is 0.251 e. The summed E-state index contributed by atoms with van der Waals surface area (Å²) < 4.78 is 13.3. The summed E-state index contributed by atoms with van der Waals surface area (Å²) in [4.78, 5) is 12.0. The average molecular weight is 304 g/mol. The molecule has 0 atom stereocenters.